The molecule has 1 heterocycles. The summed E-state index contributed by atoms with van der Waals surface area (Å²) in [6, 6.07) is 13.3. The molecule has 0 atom stereocenters. The van der Waals surface area contributed by atoms with Gasteiger partial charge in [-0.25, -0.2) is 0 Å². The molecule has 0 saturated carbocycles. The summed E-state index contributed by atoms with van der Waals surface area (Å²) in [4.78, 5) is 12.2. The minimum absolute atomic E-state index is 0.0600. The van der Waals surface area contributed by atoms with Gasteiger partial charge in [-0.05, 0) is 29.8 Å². The molecule has 0 radical (unpaired) electrons. The molecule has 6 heteroatoms. The number of nitrogens with one attached hydrogen (secondary N) is 1. The number of anilines is 1. The van der Waals surface area contributed by atoms with Gasteiger partial charge in [-0.15, -0.1) is 0 Å². The highest BCUT2D eigenvalue weighted by atomic mass is 35.5. The van der Waals surface area contributed by atoms with Crippen molar-refractivity contribution in [2.45, 2.75) is 19.6 Å². The lowest BCUT2D eigenvalue weighted by Gasteiger charge is -2.08. The van der Waals surface area contributed by atoms with Crippen molar-refractivity contribution in [3.63, 3.8) is 0 Å². The first-order valence-electron chi connectivity index (χ1n) is 7.65. The number of amides is 1. The van der Waals surface area contributed by atoms with Gasteiger partial charge in [-0.3, -0.25) is 9.48 Å². The predicted molar refractivity (Wildman–Crippen MR) is 95.1 cm³/mol. The van der Waals surface area contributed by atoms with E-state index in [2.05, 4.69) is 10.4 Å². The van der Waals surface area contributed by atoms with Crippen LogP contribution in [-0.2, 0) is 22.7 Å². The Kier molecular flexibility index (Phi) is 5.13. The van der Waals surface area contributed by atoms with Crippen LogP contribution in [0.3, 0.4) is 0 Å². The third kappa shape index (κ3) is 3.75. The van der Waals surface area contributed by atoms with Gasteiger partial charge >= 0.3 is 0 Å². The van der Waals surface area contributed by atoms with Crippen LogP contribution >= 0.6 is 11.6 Å². The molecule has 0 aliphatic carbocycles. The number of aryl methyl sites for hydroxylation is 1. The van der Waals surface area contributed by atoms with Crippen LogP contribution in [0.1, 0.15) is 12.0 Å². The van der Waals surface area contributed by atoms with Crippen molar-refractivity contribution in [1.29, 1.82) is 0 Å². The number of rotatable bonds is 6. The monoisotopic (exact) mass is 343 g/mol. The molecule has 0 unspecified atom stereocenters. The summed E-state index contributed by atoms with van der Waals surface area (Å²) in [5.41, 5.74) is 2.71. The SMILES string of the molecule is COCc1cccc(NC(=O)CCn2ncc3c(Cl)cccc32)c1. The van der Waals surface area contributed by atoms with E-state index >= 15 is 0 Å². The lowest BCUT2D eigenvalue weighted by molar-refractivity contribution is -0.116. The van der Waals surface area contributed by atoms with Crippen LogP contribution in [0.25, 0.3) is 10.9 Å². The topological polar surface area (TPSA) is 56.1 Å². The second kappa shape index (κ2) is 7.47. The second-order valence-electron chi connectivity index (χ2n) is 5.47. The number of methoxy groups -OCH3 is 1. The van der Waals surface area contributed by atoms with Gasteiger partial charge < -0.3 is 10.1 Å². The summed E-state index contributed by atoms with van der Waals surface area (Å²) in [5.74, 6) is -0.0600. The van der Waals surface area contributed by atoms with Crippen molar-refractivity contribution in [1.82, 2.24) is 9.78 Å². The Morgan fingerprint density at radius 2 is 2.12 bits per heavy atom. The highest BCUT2D eigenvalue weighted by Gasteiger charge is 2.08. The maximum Gasteiger partial charge on any atom is 0.226 e. The quantitative estimate of drug-likeness (QED) is 0.739. The van der Waals surface area contributed by atoms with E-state index in [0.29, 0.717) is 24.6 Å². The Balaban J connectivity index is 1.63. The first-order valence-corrected chi connectivity index (χ1v) is 8.03. The fourth-order valence-corrected chi connectivity index (χ4v) is 2.80. The third-order valence-corrected chi connectivity index (χ3v) is 4.04. The first-order chi connectivity index (χ1) is 11.7. The van der Waals surface area contributed by atoms with Crippen LogP contribution in [0.5, 0.6) is 0 Å². The summed E-state index contributed by atoms with van der Waals surface area (Å²) < 4.78 is 6.89. The van der Waals surface area contributed by atoms with Crippen molar-refractivity contribution < 1.29 is 9.53 Å². The van der Waals surface area contributed by atoms with Crippen LogP contribution < -0.4 is 5.32 Å². The molecule has 24 heavy (non-hydrogen) atoms. The molecule has 1 amide bonds. The summed E-state index contributed by atoms with van der Waals surface area (Å²) >= 11 is 6.14. The summed E-state index contributed by atoms with van der Waals surface area (Å²) in [5, 5.41) is 8.77. The highest BCUT2D eigenvalue weighted by molar-refractivity contribution is 6.35. The molecule has 0 aliphatic heterocycles. The van der Waals surface area contributed by atoms with E-state index in [1.807, 2.05) is 42.5 Å². The van der Waals surface area contributed by atoms with Gasteiger partial charge in [0.25, 0.3) is 0 Å². The molecular formula is C18H18ClN3O2. The molecular weight excluding hydrogens is 326 g/mol. The van der Waals surface area contributed by atoms with E-state index < -0.39 is 0 Å². The van der Waals surface area contributed by atoms with Crippen molar-refractivity contribution in [2.75, 3.05) is 12.4 Å². The second-order valence-corrected chi connectivity index (χ2v) is 5.88. The molecule has 0 bridgehead atoms. The Labute approximate surface area is 145 Å². The van der Waals surface area contributed by atoms with Gasteiger partial charge in [0.05, 0.1) is 29.9 Å². The molecule has 5 nitrogen and oxygen atoms in total. The normalized spacial score (nSPS) is 10.9. The Morgan fingerprint density at radius 3 is 2.96 bits per heavy atom. The number of hydrogen-bond donors (Lipinski definition) is 1. The highest BCUT2D eigenvalue weighted by Crippen LogP contribution is 2.22. The molecule has 3 rings (SSSR count). The minimum atomic E-state index is -0.0600. The molecule has 0 saturated heterocycles. The third-order valence-electron chi connectivity index (χ3n) is 3.71. The maximum absolute atomic E-state index is 12.2. The molecule has 1 aromatic heterocycles. The van der Waals surface area contributed by atoms with Crippen molar-refractivity contribution >= 4 is 34.1 Å². The number of ether oxygens (including phenoxy) is 1. The van der Waals surface area contributed by atoms with Crippen molar-refractivity contribution in [2.24, 2.45) is 0 Å². The predicted octanol–water partition coefficient (Wildman–Crippen LogP) is 3.86. The summed E-state index contributed by atoms with van der Waals surface area (Å²) in [7, 11) is 1.64. The van der Waals surface area contributed by atoms with E-state index in [1.54, 1.807) is 18.0 Å². The average molecular weight is 344 g/mol. The molecule has 3 aromatic rings. The largest absolute Gasteiger partial charge is 0.380 e. The molecule has 1 N–H and O–H groups in total. The van der Waals surface area contributed by atoms with E-state index in [0.717, 1.165) is 22.2 Å². The lowest BCUT2D eigenvalue weighted by Crippen LogP contribution is -2.15. The van der Waals surface area contributed by atoms with E-state index in [1.165, 1.54) is 0 Å². The number of nitrogens with zero attached hydrogens (tertiary/aromatic N) is 2. The number of carbonyl (C=O) groups is 1. The minimum Gasteiger partial charge on any atom is -0.380 e. The average Bonchev–Trinajstić information content (AvgIpc) is 2.98. The van der Waals surface area contributed by atoms with Crippen LogP contribution in [-0.4, -0.2) is 22.8 Å². The van der Waals surface area contributed by atoms with Crippen LogP contribution in [0, 0.1) is 0 Å². The molecule has 2 aromatic carbocycles. The van der Waals surface area contributed by atoms with Gasteiger partial charge in [0.15, 0.2) is 0 Å². The van der Waals surface area contributed by atoms with Gasteiger partial charge in [-0.1, -0.05) is 29.8 Å². The van der Waals surface area contributed by atoms with Crippen LogP contribution in [0.2, 0.25) is 5.02 Å². The number of halogens is 1. The van der Waals surface area contributed by atoms with Crippen molar-refractivity contribution in [3.8, 4) is 0 Å². The Morgan fingerprint density at radius 1 is 1.29 bits per heavy atom. The van der Waals surface area contributed by atoms with E-state index in [4.69, 9.17) is 16.3 Å². The van der Waals surface area contributed by atoms with E-state index in [9.17, 15) is 4.79 Å². The lowest BCUT2D eigenvalue weighted by atomic mass is 10.2. The van der Waals surface area contributed by atoms with Gasteiger partial charge in [0.2, 0.25) is 5.91 Å². The first kappa shape index (κ1) is 16.5. The number of hydrogen-bond acceptors (Lipinski definition) is 3. The van der Waals surface area contributed by atoms with Gasteiger partial charge in [-0.2, -0.15) is 5.10 Å². The molecule has 124 valence electrons. The molecule has 0 fully saturated rings. The molecule has 0 aliphatic rings. The number of aromatic nitrogens is 2. The Hall–Kier alpha value is -2.37. The fourth-order valence-electron chi connectivity index (χ4n) is 2.58. The zero-order valence-corrected chi connectivity index (χ0v) is 14.1. The van der Waals surface area contributed by atoms with Crippen LogP contribution in [0.4, 0.5) is 5.69 Å². The smallest absolute Gasteiger partial charge is 0.226 e. The fraction of sp³-hybridized carbons (Fsp3) is 0.222. The Bertz CT molecular complexity index is 860. The van der Waals surface area contributed by atoms with Crippen LogP contribution in [0.15, 0.2) is 48.7 Å². The van der Waals surface area contributed by atoms with Crippen molar-refractivity contribution in [3.05, 3.63) is 59.2 Å². The number of carbonyl (C=O) groups excluding carboxylic acids is 1. The zero-order valence-electron chi connectivity index (χ0n) is 13.3. The maximum atomic E-state index is 12.2. The molecule has 0 spiro atoms. The number of benzene rings is 2. The van der Waals surface area contributed by atoms with E-state index in [-0.39, 0.29) is 5.91 Å². The van der Waals surface area contributed by atoms with Gasteiger partial charge in [0, 0.05) is 24.6 Å². The summed E-state index contributed by atoms with van der Waals surface area (Å²) in [6.07, 6.45) is 2.06. The summed E-state index contributed by atoms with van der Waals surface area (Å²) in [6.45, 7) is 1.01. The standard InChI is InChI=1S/C18H18ClN3O2/c1-24-12-13-4-2-5-14(10-13)21-18(23)8-9-22-17-7-3-6-16(19)15(17)11-20-22/h2-7,10-11H,8-9,12H2,1H3,(H,21,23). The zero-order chi connectivity index (χ0) is 16.9. The number of fused-ring (bicyclic) bond motifs is 1. The van der Waals surface area contributed by atoms with Gasteiger partial charge in [0.1, 0.15) is 0 Å².